The minimum atomic E-state index is -0.197. The Morgan fingerprint density at radius 1 is 1.04 bits per heavy atom. The number of benzene rings is 2. The summed E-state index contributed by atoms with van der Waals surface area (Å²) in [4.78, 5) is 17.7. The van der Waals surface area contributed by atoms with Gasteiger partial charge in [0.2, 0.25) is 0 Å². The SMILES string of the molecule is COc1ccc(-n2c(C)nc3c(cnn3-c3ccc(C)cc3)c2=O)cc1Cl. The van der Waals surface area contributed by atoms with E-state index in [9.17, 15) is 4.79 Å². The number of hydrogen-bond acceptors (Lipinski definition) is 4. The summed E-state index contributed by atoms with van der Waals surface area (Å²) < 4.78 is 8.38. The molecule has 0 saturated carbocycles. The smallest absolute Gasteiger partial charge is 0.269 e. The van der Waals surface area contributed by atoms with Gasteiger partial charge < -0.3 is 4.74 Å². The number of fused-ring (bicyclic) bond motifs is 1. The van der Waals surface area contributed by atoms with Crippen molar-refractivity contribution in [2.75, 3.05) is 7.11 Å². The van der Waals surface area contributed by atoms with Crippen molar-refractivity contribution in [3.8, 4) is 17.1 Å². The van der Waals surface area contributed by atoms with Gasteiger partial charge in [0.1, 0.15) is 17.0 Å². The predicted octanol–water partition coefficient (Wildman–Crippen LogP) is 3.85. The fourth-order valence-electron chi connectivity index (χ4n) is 3.04. The van der Waals surface area contributed by atoms with Crippen LogP contribution in [0.1, 0.15) is 11.4 Å². The van der Waals surface area contributed by atoms with Crippen molar-refractivity contribution >= 4 is 22.6 Å². The third-order valence-corrected chi connectivity index (χ3v) is 4.74. The third-order valence-electron chi connectivity index (χ3n) is 4.44. The highest BCUT2D eigenvalue weighted by Gasteiger charge is 2.16. The first-order valence-corrected chi connectivity index (χ1v) is 8.75. The molecule has 0 aliphatic carbocycles. The van der Waals surface area contributed by atoms with Gasteiger partial charge in [0.05, 0.1) is 29.7 Å². The molecule has 7 heteroatoms. The van der Waals surface area contributed by atoms with Crippen LogP contribution in [0.2, 0.25) is 5.02 Å². The number of rotatable bonds is 3. The number of methoxy groups -OCH3 is 1. The van der Waals surface area contributed by atoms with E-state index in [2.05, 4.69) is 10.1 Å². The van der Waals surface area contributed by atoms with Crippen molar-refractivity contribution in [2.24, 2.45) is 0 Å². The molecule has 27 heavy (non-hydrogen) atoms. The third kappa shape index (κ3) is 2.88. The first-order valence-electron chi connectivity index (χ1n) is 8.38. The molecule has 0 fully saturated rings. The molecule has 2 heterocycles. The monoisotopic (exact) mass is 380 g/mol. The van der Waals surface area contributed by atoms with Gasteiger partial charge in [-0.3, -0.25) is 9.36 Å². The lowest BCUT2D eigenvalue weighted by molar-refractivity contribution is 0.415. The maximum Gasteiger partial charge on any atom is 0.269 e. The van der Waals surface area contributed by atoms with Crippen LogP contribution in [-0.4, -0.2) is 26.4 Å². The molecule has 2 aromatic heterocycles. The van der Waals surface area contributed by atoms with Gasteiger partial charge >= 0.3 is 0 Å². The van der Waals surface area contributed by atoms with E-state index in [-0.39, 0.29) is 5.56 Å². The van der Waals surface area contributed by atoms with Crippen LogP contribution in [0.3, 0.4) is 0 Å². The summed E-state index contributed by atoms with van der Waals surface area (Å²) in [6, 6.07) is 13.1. The van der Waals surface area contributed by atoms with Crippen LogP contribution in [0, 0.1) is 13.8 Å². The average molecular weight is 381 g/mol. The van der Waals surface area contributed by atoms with E-state index in [0.29, 0.717) is 33.3 Å². The number of hydrogen-bond donors (Lipinski definition) is 0. The summed E-state index contributed by atoms with van der Waals surface area (Å²) in [6.45, 7) is 3.80. The van der Waals surface area contributed by atoms with Gasteiger partial charge in [-0.1, -0.05) is 29.3 Å². The highest BCUT2D eigenvalue weighted by atomic mass is 35.5. The van der Waals surface area contributed by atoms with E-state index in [0.717, 1.165) is 11.3 Å². The van der Waals surface area contributed by atoms with Crippen LogP contribution >= 0.6 is 11.6 Å². The lowest BCUT2D eigenvalue weighted by Crippen LogP contribution is -2.22. The predicted molar refractivity (Wildman–Crippen MR) is 105 cm³/mol. The fraction of sp³-hybridized carbons (Fsp3) is 0.150. The molecule has 0 aliphatic rings. The maximum atomic E-state index is 13.1. The van der Waals surface area contributed by atoms with Gasteiger partial charge in [-0.25, -0.2) is 9.67 Å². The Kier molecular flexibility index (Phi) is 4.20. The van der Waals surface area contributed by atoms with Gasteiger partial charge in [0.25, 0.3) is 5.56 Å². The van der Waals surface area contributed by atoms with Gasteiger partial charge in [-0.15, -0.1) is 0 Å². The molecular formula is C20H17ClN4O2. The quantitative estimate of drug-likeness (QED) is 0.541. The molecule has 0 amide bonds. The Bertz CT molecular complexity index is 1210. The Morgan fingerprint density at radius 2 is 1.74 bits per heavy atom. The first kappa shape index (κ1) is 17.3. The van der Waals surface area contributed by atoms with Gasteiger partial charge in [0.15, 0.2) is 5.65 Å². The van der Waals surface area contributed by atoms with E-state index in [1.165, 1.54) is 4.57 Å². The topological polar surface area (TPSA) is 61.9 Å². The Balaban J connectivity index is 1.92. The van der Waals surface area contributed by atoms with Crippen LogP contribution in [0.4, 0.5) is 0 Å². The molecule has 2 aromatic carbocycles. The Labute approximate surface area is 160 Å². The van der Waals surface area contributed by atoms with E-state index in [1.807, 2.05) is 31.2 Å². The number of aryl methyl sites for hydroxylation is 2. The number of halogens is 1. The van der Waals surface area contributed by atoms with Crippen molar-refractivity contribution in [2.45, 2.75) is 13.8 Å². The second-order valence-corrected chi connectivity index (χ2v) is 6.65. The summed E-state index contributed by atoms with van der Waals surface area (Å²) in [5.41, 5.74) is 2.96. The lowest BCUT2D eigenvalue weighted by atomic mass is 10.2. The molecule has 4 aromatic rings. The van der Waals surface area contributed by atoms with Crippen LogP contribution in [0.15, 0.2) is 53.5 Å². The highest BCUT2D eigenvalue weighted by molar-refractivity contribution is 6.32. The standard InChI is InChI=1S/C20H17ClN4O2/c1-12-4-6-14(7-5-12)25-19-16(11-22-25)20(26)24(13(2)23-19)15-8-9-18(27-3)17(21)10-15/h4-11H,1-3H3. The summed E-state index contributed by atoms with van der Waals surface area (Å²) >= 11 is 6.22. The van der Waals surface area contributed by atoms with Crippen molar-refractivity contribution in [3.05, 3.63) is 75.4 Å². The van der Waals surface area contributed by atoms with Crippen LogP contribution in [0.5, 0.6) is 5.75 Å². The molecule has 6 nitrogen and oxygen atoms in total. The average Bonchev–Trinajstić information content (AvgIpc) is 3.06. The van der Waals surface area contributed by atoms with Gasteiger partial charge in [-0.2, -0.15) is 5.10 Å². The van der Waals surface area contributed by atoms with Crippen molar-refractivity contribution in [1.82, 2.24) is 19.3 Å². The zero-order valence-corrected chi connectivity index (χ0v) is 15.9. The minimum Gasteiger partial charge on any atom is -0.495 e. The van der Waals surface area contributed by atoms with Gasteiger partial charge in [-0.05, 0) is 44.2 Å². The number of aromatic nitrogens is 4. The maximum absolute atomic E-state index is 13.1. The van der Waals surface area contributed by atoms with Crippen LogP contribution in [0.25, 0.3) is 22.4 Å². The molecular weight excluding hydrogens is 364 g/mol. The van der Waals surface area contributed by atoms with E-state index >= 15 is 0 Å². The molecule has 136 valence electrons. The summed E-state index contributed by atoms with van der Waals surface area (Å²) in [6.07, 6.45) is 1.55. The van der Waals surface area contributed by atoms with Gasteiger partial charge in [0, 0.05) is 0 Å². The van der Waals surface area contributed by atoms with Crippen molar-refractivity contribution in [3.63, 3.8) is 0 Å². The zero-order chi connectivity index (χ0) is 19.1. The molecule has 0 spiro atoms. The molecule has 0 N–H and O–H groups in total. The van der Waals surface area contributed by atoms with Crippen LogP contribution < -0.4 is 10.3 Å². The first-order chi connectivity index (χ1) is 13.0. The van der Waals surface area contributed by atoms with E-state index in [1.54, 1.807) is 43.1 Å². The lowest BCUT2D eigenvalue weighted by Gasteiger charge is -2.12. The fourth-order valence-corrected chi connectivity index (χ4v) is 3.30. The molecule has 4 rings (SSSR count). The molecule has 0 aliphatic heterocycles. The number of ether oxygens (including phenoxy) is 1. The second kappa shape index (κ2) is 6.55. The van der Waals surface area contributed by atoms with Crippen molar-refractivity contribution in [1.29, 1.82) is 0 Å². The Hall–Kier alpha value is -3.12. The van der Waals surface area contributed by atoms with E-state index < -0.39 is 0 Å². The van der Waals surface area contributed by atoms with E-state index in [4.69, 9.17) is 16.3 Å². The molecule has 0 radical (unpaired) electrons. The summed E-state index contributed by atoms with van der Waals surface area (Å²) in [5.74, 6) is 1.09. The molecule has 0 bridgehead atoms. The summed E-state index contributed by atoms with van der Waals surface area (Å²) in [5, 5.41) is 5.24. The molecule has 0 unspecified atom stereocenters. The molecule has 0 saturated heterocycles. The Morgan fingerprint density at radius 3 is 2.41 bits per heavy atom. The normalized spacial score (nSPS) is 11.1. The zero-order valence-electron chi connectivity index (χ0n) is 15.1. The van der Waals surface area contributed by atoms with Crippen molar-refractivity contribution < 1.29 is 4.74 Å². The highest BCUT2D eigenvalue weighted by Crippen LogP contribution is 2.27. The largest absolute Gasteiger partial charge is 0.495 e. The van der Waals surface area contributed by atoms with Crippen LogP contribution in [-0.2, 0) is 0 Å². The molecule has 0 atom stereocenters. The number of nitrogens with zero attached hydrogens (tertiary/aromatic N) is 4. The second-order valence-electron chi connectivity index (χ2n) is 6.25. The summed E-state index contributed by atoms with van der Waals surface area (Å²) in [7, 11) is 1.55. The minimum absolute atomic E-state index is 0.197.